The summed E-state index contributed by atoms with van der Waals surface area (Å²) in [6.07, 6.45) is 0. The van der Waals surface area contributed by atoms with Gasteiger partial charge in [0.2, 0.25) is 0 Å². The normalized spacial score (nSPS) is 10.3. The average molecular weight is 432 g/mol. The number of anilines is 1. The average Bonchev–Trinajstić information content (AvgIpc) is 2.72. The Morgan fingerprint density at radius 1 is 0.931 bits per heavy atom. The van der Waals surface area contributed by atoms with Crippen LogP contribution in [0.25, 0.3) is 0 Å². The van der Waals surface area contributed by atoms with Crippen LogP contribution in [0.3, 0.4) is 0 Å². The lowest BCUT2D eigenvalue weighted by Crippen LogP contribution is -2.12. The topological polar surface area (TPSA) is 56.8 Å². The van der Waals surface area contributed by atoms with Crippen LogP contribution in [0.4, 0.5) is 5.69 Å². The quantitative estimate of drug-likeness (QED) is 0.467. The molecule has 0 aliphatic rings. The van der Waals surface area contributed by atoms with Crippen LogP contribution in [0.1, 0.15) is 17.3 Å². The molecule has 3 rings (SSSR count). The minimum absolute atomic E-state index is 0.350. The van der Waals surface area contributed by atoms with Crippen molar-refractivity contribution in [2.75, 3.05) is 19.0 Å². The molecule has 1 amide bonds. The van der Waals surface area contributed by atoms with Crippen LogP contribution in [-0.2, 0) is 0 Å². The molecule has 0 heterocycles. The molecule has 0 radical (unpaired) electrons. The third kappa shape index (κ3) is 5.34. The number of benzene rings is 3. The molecule has 5 nitrogen and oxygen atoms in total. The number of ether oxygens (including phenoxy) is 3. The van der Waals surface area contributed by atoms with Crippen molar-refractivity contribution in [1.82, 2.24) is 0 Å². The molecule has 0 bridgehead atoms. The van der Waals surface area contributed by atoms with Gasteiger partial charge >= 0.3 is 0 Å². The van der Waals surface area contributed by atoms with E-state index in [4.69, 9.17) is 37.4 Å². The highest BCUT2D eigenvalue weighted by molar-refractivity contribution is 6.32. The number of nitrogens with one attached hydrogen (secondary N) is 1. The third-order valence-electron chi connectivity index (χ3n) is 3.97. The summed E-state index contributed by atoms with van der Waals surface area (Å²) in [7, 11) is 1.59. The minimum atomic E-state index is -0.350. The van der Waals surface area contributed by atoms with E-state index in [0.717, 1.165) is 5.75 Å². The van der Waals surface area contributed by atoms with Gasteiger partial charge in [-0.15, -0.1) is 0 Å². The summed E-state index contributed by atoms with van der Waals surface area (Å²) in [5, 5.41) is 3.64. The Labute approximate surface area is 179 Å². The molecule has 0 atom stereocenters. The van der Waals surface area contributed by atoms with Crippen molar-refractivity contribution in [3.63, 3.8) is 0 Å². The highest BCUT2D eigenvalue weighted by Gasteiger charge is 2.14. The second-order valence-electron chi connectivity index (χ2n) is 5.95. The lowest BCUT2D eigenvalue weighted by molar-refractivity contribution is 0.102. The highest BCUT2D eigenvalue weighted by atomic mass is 35.5. The first-order valence-corrected chi connectivity index (χ1v) is 9.61. The maximum atomic E-state index is 12.7. The zero-order valence-corrected chi connectivity index (χ0v) is 17.4. The number of hydrogen-bond acceptors (Lipinski definition) is 4. The van der Waals surface area contributed by atoms with Crippen molar-refractivity contribution in [1.29, 1.82) is 0 Å². The van der Waals surface area contributed by atoms with Crippen LogP contribution < -0.4 is 19.5 Å². The molecule has 3 aromatic rings. The van der Waals surface area contributed by atoms with Gasteiger partial charge < -0.3 is 19.5 Å². The van der Waals surface area contributed by atoms with Crippen LogP contribution in [-0.4, -0.2) is 19.6 Å². The Balaban J connectivity index is 1.81. The summed E-state index contributed by atoms with van der Waals surface area (Å²) in [6.45, 7) is 2.35. The molecule has 0 unspecified atom stereocenters. The maximum Gasteiger partial charge on any atom is 0.255 e. The molecule has 0 saturated carbocycles. The monoisotopic (exact) mass is 431 g/mol. The second kappa shape index (κ2) is 9.54. The molecule has 0 aliphatic heterocycles. The van der Waals surface area contributed by atoms with Gasteiger partial charge in [-0.05, 0) is 67.6 Å². The van der Waals surface area contributed by atoms with Gasteiger partial charge in [0, 0.05) is 10.6 Å². The molecular formula is C22H19Cl2NO4. The Kier molecular flexibility index (Phi) is 6.86. The number of carbonyl (C=O) groups is 1. The fourth-order valence-electron chi connectivity index (χ4n) is 2.57. The van der Waals surface area contributed by atoms with E-state index in [0.29, 0.717) is 45.2 Å². The van der Waals surface area contributed by atoms with Crippen molar-refractivity contribution in [3.8, 4) is 23.0 Å². The van der Waals surface area contributed by atoms with Gasteiger partial charge in [0.1, 0.15) is 17.2 Å². The predicted molar refractivity (Wildman–Crippen MR) is 115 cm³/mol. The first kappa shape index (κ1) is 20.8. The maximum absolute atomic E-state index is 12.7. The fraction of sp³-hybridized carbons (Fsp3) is 0.136. The van der Waals surface area contributed by atoms with Crippen LogP contribution in [0, 0.1) is 0 Å². The van der Waals surface area contributed by atoms with Crippen LogP contribution in [0.5, 0.6) is 23.0 Å². The summed E-state index contributed by atoms with van der Waals surface area (Å²) in [5.41, 5.74) is 0.817. The number of hydrogen-bond donors (Lipinski definition) is 1. The van der Waals surface area contributed by atoms with Crippen molar-refractivity contribution < 1.29 is 19.0 Å². The molecule has 0 fully saturated rings. The number of amides is 1. The van der Waals surface area contributed by atoms with E-state index in [9.17, 15) is 4.79 Å². The summed E-state index contributed by atoms with van der Waals surface area (Å²) in [5.74, 6) is 1.93. The van der Waals surface area contributed by atoms with Crippen molar-refractivity contribution in [3.05, 3.63) is 76.3 Å². The van der Waals surface area contributed by atoms with E-state index < -0.39 is 0 Å². The van der Waals surface area contributed by atoms with Crippen molar-refractivity contribution in [2.45, 2.75) is 6.92 Å². The summed E-state index contributed by atoms with van der Waals surface area (Å²) >= 11 is 12.3. The summed E-state index contributed by atoms with van der Waals surface area (Å²) < 4.78 is 16.4. The predicted octanol–water partition coefficient (Wildman–Crippen LogP) is 6.45. The molecule has 0 aromatic heterocycles. The zero-order valence-electron chi connectivity index (χ0n) is 15.9. The summed E-state index contributed by atoms with van der Waals surface area (Å²) in [6, 6.07) is 16.9. The lowest BCUT2D eigenvalue weighted by atomic mass is 10.2. The van der Waals surface area contributed by atoms with Gasteiger partial charge in [0.05, 0.1) is 24.4 Å². The second-order valence-corrected chi connectivity index (χ2v) is 6.79. The largest absolute Gasteiger partial charge is 0.497 e. The molecule has 0 spiro atoms. The van der Waals surface area contributed by atoms with Crippen LogP contribution in [0.2, 0.25) is 10.0 Å². The Morgan fingerprint density at radius 2 is 1.62 bits per heavy atom. The van der Waals surface area contributed by atoms with Gasteiger partial charge in [-0.25, -0.2) is 0 Å². The molecule has 0 aliphatic carbocycles. The van der Waals surface area contributed by atoms with Gasteiger partial charge in [0.25, 0.3) is 5.91 Å². The SMILES string of the molecule is CCOc1ccc(C(=O)Nc2cc(Cl)ccc2Oc2ccc(OC)cc2)cc1Cl. The number of rotatable bonds is 7. The van der Waals surface area contributed by atoms with E-state index in [1.54, 1.807) is 67.8 Å². The molecular weight excluding hydrogens is 413 g/mol. The molecule has 0 saturated heterocycles. The minimum Gasteiger partial charge on any atom is -0.497 e. The third-order valence-corrected chi connectivity index (χ3v) is 4.50. The van der Waals surface area contributed by atoms with Gasteiger partial charge in [0.15, 0.2) is 5.75 Å². The lowest BCUT2D eigenvalue weighted by Gasteiger charge is -2.14. The number of halogens is 2. The molecule has 7 heteroatoms. The van der Waals surface area contributed by atoms with Crippen molar-refractivity contribution in [2.24, 2.45) is 0 Å². The van der Waals surface area contributed by atoms with E-state index in [-0.39, 0.29) is 5.91 Å². The van der Waals surface area contributed by atoms with E-state index in [1.807, 2.05) is 6.92 Å². The van der Waals surface area contributed by atoms with Crippen molar-refractivity contribution >= 4 is 34.8 Å². The Morgan fingerprint density at radius 3 is 2.28 bits per heavy atom. The van der Waals surface area contributed by atoms with Gasteiger partial charge in [-0.3, -0.25) is 4.79 Å². The smallest absolute Gasteiger partial charge is 0.255 e. The summed E-state index contributed by atoms with van der Waals surface area (Å²) in [4.78, 5) is 12.7. The van der Waals surface area contributed by atoms with E-state index in [1.165, 1.54) is 0 Å². The molecule has 3 aromatic carbocycles. The molecule has 29 heavy (non-hydrogen) atoms. The highest BCUT2D eigenvalue weighted by Crippen LogP contribution is 2.33. The van der Waals surface area contributed by atoms with Crippen LogP contribution >= 0.6 is 23.2 Å². The Bertz CT molecular complexity index is 1010. The first-order chi connectivity index (χ1) is 14.0. The van der Waals surface area contributed by atoms with Gasteiger partial charge in [-0.2, -0.15) is 0 Å². The number of carbonyl (C=O) groups excluding carboxylic acids is 1. The molecule has 150 valence electrons. The fourth-order valence-corrected chi connectivity index (χ4v) is 2.98. The van der Waals surface area contributed by atoms with E-state index in [2.05, 4.69) is 5.32 Å². The standard InChI is InChI=1S/C22H19Cl2NO4/c1-3-28-20-10-4-14(12-18(20)24)22(26)25-19-13-15(23)5-11-21(19)29-17-8-6-16(27-2)7-9-17/h4-13H,3H2,1-2H3,(H,25,26). The van der Waals surface area contributed by atoms with E-state index >= 15 is 0 Å². The first-order valence-electron chi connectivity index (χ1n) is 8.85. The molecule has 1 N–H and O–H groups in total. The Hall–Kier alpha value is -2.89. The van der Waals surface area contributed by atoms with Gasteiger partial charge in [-0.1, -0.05) is 23.2 Å². The zero-order chi connectivity index (χ0) is 20.8. The van der Waals surface area contributed by atoms with Crippen LogP contribution in [0.15, 0.2) is 60.7 Å². The number of methoxy groups -OCH3 is 1.